The predicted molar refractivity (Wildman–Crippen MR) is 77.7 cm³/mol. The molecule has 1 aromatic carbocycles. The zero-order valence-electron chi connectivity index (χ0n) is 11.3. The van der Waals surface area contributed by atoms with Crippen LogP contribution in [0.1, 0.15) is 23.0 Å². The van der Waals surface area contributed by atoms with E-state index < -0.39 is 0 Å². The lowest BCUT2D eigenvalue weighted by atomic mass is 10.2. The smallest absolute Gasteiger partial charge is 0.257 e. The molecule has 0 unspecified atom stereocenters. The summed E-state index contributed by atoms with van der Waals surface area (Å²) in [5, 5.41) is 5.42. The minimum atomic E-state index is -0.238. The van der Waals surface area contributed by atoms with E-state index in [-0.39, 0.29) is 11.8 Å². The van der Waals surface area contributed by atoms with Crippen LogP contribution in [-0.4, -0.2) is 16.8 Å². The minimum Gasteiger partial charge on any atom is -0.326 e. The van der Waals surface area contributed by atoms with Crippen molar-refractivity contribution in [3.63, 3.8) is 0 Å². The molecule has 0 bridgehead atoms. The van der Waals surface area contributed by atoms with E-state index in [2.05, 4.69) is 15.6 Å². The van der Waals surface area contributed by atoms with Crippen LogP contribution in [0, 0.1) is 6.92 Å². The number of hydrogen-bond donors (Lipinski definition) is 2. The fourth-order valence-electron chi connectivity index (χ4n) is 1.68. The van der Waals surface area contributed by atoms with Gasteiger partial charge in [0.15, 0.2) is 0 Å². The molecule has 20 heavy (non-hydrogen) atoms. The molecule has 0 fully saturated rings. The van der Waals surface area contributed by atoms with Gasteiger partial charge in [-0.05, 0) is 37.3 Å². The number of aromatic nitrogens is 1. The van der Waals surface area contributed by atoms with Crippen LogP contribution in [0.25, 0.3) is 0 Å². The average molecular weight is 269 g/mol. The Hall–Kier alpha value is -2.69. The maximum Gasteiger partial charge on any atom is 0.257 e. The Kier molecular flexibility index (Phi) is 4.10. The van der Waals surface area contributed by atoms with Crippen molar-refractivity contribution in [1.29, 1.82) is 0 Å². The highest BCUT2D eigenvalue weighted by Crippen LogP contribution is 2.16. The van der Waals surface area contributed by atoms with Gasteiger partial charge in [-0.25, -0.2) is 0 Å². The molecule has 0 saturated carbocycles. The van der Waals surface area contributed by atoms with Crippen LogP contribution in [0.4, 0.5) is 11.4 Å². The quantitative estimate of drug-likeness (QED) is 0.899. The third-order valence-corrected chi connectivity index (χ3v) is 2.61. The Balaban J connectivity index is 2.11. The van der Waals surface area contributed by atoms with E-state index in [0.29, 0.717) is 16.9 Å². The van der Waals surface area contributed by atoms with Gasteiger partial charge in [-0.15, -0.1) is 0 Å². The SMILES string of the molecule is CC(=O)Nc1cccc(NC(=O)c2ccc(C)nc2)c1. The number of carbonyl (C=O) groups excluding carboxylic acids is 2. The first-order valence-corrected chi connectivity index (χ1v) is 6.16. The Morgan fingerprint density at radius 1 is 1.05 bits per heavy atom. The van der Waals surface area contributed by atoms with Gasteiger partial charge in [0.2, 0.25) is 5.91 Å². The molecule has 2 aromatic rings. The van der Waals surface area contributed by atoms with E-state index in [1.165, 1.54) is 13.1 Å². The topological polar surface area (TPSA) is 71.1 Å². The van der Waals surface area contributed by atoms with Crippen LogP contribution in [0.2, 0.25) is 0 Å². The molecule has 0 aliphatic carbocycles. The van der Waals surface area contributed by atoms with Crippen molar-refractivity contribution in [2.75, 3.05) is 10.6 Å². The highest BCUT2D eigenvalue weighted by Gasteiger charge is 2.06. The normalized spacial score (nSPS) is 9.90. The third-order valence-electron chi connectivity index (χ3n) is 2.61. The van der Waals surface area contributed by atoms with E-state index in [1.807, 2.05) is 6.92 Å². The molecule has 1 heterocycles. The fourth-order valence-corrected chi connectivity index (χ4v) is 1.68. The Labute approximate surface area is 117 Å². The minimum absolute atomic E-state index is 0.156. The van der Waals surface area contributed by atoms with Gasteiger partial charge in [-0.2, -0.15) is 0 Å². The second-order valence-corrected chi connectivity index (χ2v) is 4.40. The highest BCUT2D eigenvalue weighted by atomic mass is 16.2. The largest absolute Gasteiger partial charge is 0.326 e. The van der Waals surface area contributed by atoms with Crippen molar-refractivity contribution in [3.05, 3.63) is 53.9 Å². The first-order valence-electron chi connectivity index (χ1n) is 6.16. The molecule has 5 nitrogen and oxygen atoms in total. The number of anilines is 2. The number of nitrogens with zero attached hydrogens (tertiary/aromatic N) is 1. The molecule has 0 spiro atoms. The molecule has 0 aliphatic rings. The zero-order valence-corrected chi connectivity index (χ0v) is 11.3. The molecule has 1 aromatic heterocycles. The van der Waals surface area contributed by atoms with Crippen LogP contribution in [-0.2, 0) is 4.79 Å². The number of benzene rings is 1. The van der Waals surface area contributed by atoms with E-state index in [4.69, 9.17) is 0 Å². The van der Waals surface area contributed by atoms with Crippen molar-refractivity contribution in [3.8, 4) is 0 Å². The Bertz CT molecular complexity index is 636. The molecular weight excluding hydrogens is 254 g/mol. The summed E-state index contributed by atoms with van der Waals surface area (Å²) in [4.78, 5) is 27.1. The van der Waals surface area contributed by atoms with Crippen LogP contribution in [0.15, 0.2) is 42.6 Å². The number of rotatable bonds is 3. The van der Waals surface area contributed by atoms with Crippen LogP contribution in [0.5, 0.6) is 0 Å². The maximum absolute atomic E-state index is 12.0. The molecule has 0 saturated heterocycles. The Morgan fingerprint density at radius 2 is 1.75 bits per heavy atom. The van der Waals surface area contributed by atoms with E-state index in [1.54, 1.807) is 36.4 Å². The van der Waals surface area contributed by atoms with Crippen molar-refractivity contribution >= 4 is 23.2 Å². The van der Waals surface area contributed by atoms with E-state index >= 15 is 0 Å². The lowest BCUT2D eigenvalue weighted by Crippen LogP contribution is -2.13. The number of hydrogen-bond acceptors (Lipinski definition) is 3. The summed E-state index contributed by atoms with van der Waals surface area (Å²) in [5.41, 5.74) is 2.59. The van der Waals surface area contributed by atoms with Gasteiger partial charge in [-0.1, -0.05) is 6.07 Å². The number of aryl methyl sites for hydroxylation is 1. The third kappa shape index (κ3) is 3.65. The summed E-state index contributed by atoms with van der Waals surface area (Å²) in [6.07, 6.45) is 1.53. The van der Waals surface area contributed by atoms with Gasteiger partial charge >= 0.3 is 0 Å². The number of carbonyl (C=O) groups is 2. The van der Waals surface area contributed by atoms with Crippen LogP contribution >= 0.6 is 0 Å². The van der Waals surface area contributed by atoms with Gasteiger partial charge in [-0.3, -0.25) is 14.6 Å². The molecule has 2 rings (SSSR count). The van der Waals surface area contributed by atoms with Gasteiger partial charge in [0.1, 0.15) is 0 Å². The van der Waals surface area contributed by atoms with Gasteiger partial charge in [0.05, 0.1) is 5.56 Å². The molecule has 2 N–H and O–H groups in total. The monoisotopic (exact) mass is 269 g/mol. The summed E-state index contributed by atoms with van der Waals surface area (Å²) in [6, 6.07) is 10.5. The summed E-state index contributed by atoms with van der Waals surface area (Å²) in [7, 11) is 0. The molecule has 0 radical (unpaired) electrons. The molecule has 102 valence electrons. The fraction of sp³-hybridized carbons (Fsp3) is 0.133. The molecule has 2 amide bonds. The first-order chi connectivity index (χ1) is 9.54. The standard InChI is InChI=1S/C15H15N3O2/c1-10-6-7-12(9-16-10)15(20)18-14-5-3-4-13(8-14)17-11(2)19/h3-9H,1-2H3,(H,17,19)(H,18,20). The summed E-state index contributed by atoms with van der Waals surface area (Å²) < 4.78 is 0. The number of amides is 2. The lowest BCUT2D eigenvalue weighted by molar-refractivity contribution is -0.114. The van der Waals surface area contributed by atoms with Crippen molar-refractivity contribution in [2.45, 2.75) is 13.8 Å². The molecule has 5 heteroatoms. The zero-order chi connectivity index (χ0) is 14.5. The molecule has 0 aliphatic heterocycles. The average Bonchev–Trinajstić information content (AvgIpc) is 2.39. The van der Waals surface area contributed by atoms with Crippen molar-refractivity contribution in [2.24, 2.45) is 0 Å². The maximum atomic E-state index is 12.0. The Morgan fingerprint density at radius 3 is 2.35 bits per heavy atom. The van der Waals surface area contributed by atoms with Crippen molar-refractivity contribution < 1.29 is 9.59 Å². The second-order valence-electron chi connectivity index (χ2n) is 4.40. The first kappa shape index (κ1) is 13.7. The van der Waals surface area contributed by atoms with Gasteiger partial charge in [0.25, 0.3) is 5.91 Å². The van der Waals surface area contributed by atoms with E-state index in [0.717, 1.165) is 5.69 Å². The predicted octanol–water partition coefficient (Wildman–Crippen LogP) is 2.60. The van der Waals surface area contributed by atoms with Gasteiger partial charge in [0, 0.05) is 30.2 Å². The van der Waals surface area contributed by atoms with Crippen molar-refractivity contribution in [1.82, 2.24) is 4.98 Å². The molecule has 0 atom stereocenters. The molecular formula is C15H15N3O2. The summed E-state index contributed by atoms with van der Waals surface area (Å²) >= 11 is 0. The van der Waals surface area contributed by atoms with Crippen LogP contribution in [0.3, 0.4) is 0 Å². The number of nitrogens with one attached hydrogen (secondary N) is 2. The van der Waals surface area contributed by atoms with E-state index in [9.17, 15) is 9.59 Å². The van der Waals surface area contributed by atoms with Crippen LogP contribution < -0.4 is 10.6 Å². The lowest BCUT2D eigenvalue weighted by Gasteiger charge is -2.07. The summed E-state index contributed by atoms with van der Waals surface area (Å²) in [5.74, 6) is -0.395. The number of pyridine rings is 1. The second kappa shape index (κ2) is 5.97. The highest BCUT2D eigenvalue weighted by molar-refractivity contribution is 6.04. The summed E-state index contributed by atoms with van der Waals surface area (Å²) in [6.45, 7) is 3.29. The van der Waals surface area contributed by atoms with Gasteiger partial charge < -0.3 is 10.6 Å².